The van der Waals surface area contributed by atoms with Crippen molar-refractivity contribution in [3.8, 4) is 5.75 Å². The molecule has 4 aromatic rings. The first-order valence-corrected chi connectivity index (χ1v) is 10.3. The molecule has 33 heavy (non-hydrogen) atoms. The Labute approximate surface area is 191 Å². The van der Waals surface area contributed by atoms with Gasteiger partial charge >= 0.3 is 0 Å². The molecule has 0 radical (unpaired) electrons. The van der Waals surface area contributed by atoms with Crippen molar-refractivity contribution in [3.05, 3.63) is 84.9 Å². The zero-order chi connectivity index (χ0) is 22.9. The van der Waals surface area contributed by atoms with Gasteiger partial charge in [-0.25, -0.2) is 0 Å². The van der Waals surface area contributed by atoms with E-state index >= 15 is 0 Å². The number of nitrogens with one attached hydrogen (secondary N) is 4. The average molecular weight is 441 g/mol. The summed E-state index contributed by atoms with van der Waals surface area (Å²) in [7, 11) is 1.57. The monoisotopic (exact) mass is 441 g/mol. The van der Waals surface area contributed by atoms with Crippen molar-refractivity contribution in [2.24, 2.45) is 0 Å². The minimum Gasteiger partial charge on any atom is -0.497 e. The molecule has 0 aliphatic rings. The van der Waals surface area contributed by atoms with Crippen LogP contribution in [0.2, 0.25) is 0 Å². The number of anilines is 6. The van der Waals surface area contributed by atoms with Crippen LogP contribution in [0.15, 0.2) is 84.9 Å². The predicted octanol–water partition coefficient (Wildman–Crippen LogP) is 4.42. The highest BCUT2D eigenvalue weighted by Crippen LogP contribution is 2.19. The van der Waals surface area contributed by atoms with E-state index in [9.17, 15) is 4.79 Å². The topological polar surface area (TPSA) is 113 Å². The van der Waals surface area contributed by atoms with Crippen molar-refractivity contribution in [2.75, 3.05) is 34.9 Å². The number of benzene rings is 3. The highest BCUT2D eigenvalue weighted by Gasteiger charge is 2.10. The second kappa shape index (κ2) is 10.6. The molecule has 1 amide bonds. The minimum atomic E-state index is -0.251. The van der Waals surface area contributed by atoms with Gasteiger partial charge in [-0.05, 0) is 36.4 Å². The molecule has 0 saturated heterocycles. The SMILES string of the molecule is COc1cccc(NC(=O)CNc2nc(Nc3ccccc3)nc(Nc3ccccc3)n2)c1. The molecule has 166 valence electrons. The van der Waals surface area contributed by atoms with Gasteiger partial charge in [0.15, 0.2) is 0 Å². The van der Waals surface area contributed by atoms with Crippen molar-refractivity contribution >= 4 is 40.8 Å². The summed E-state index contributed by atoms with van der Waals surface area (Å²) >= 11 is 0. The first-order valence-electron chi connectivity index (χ1n) is 10.3. The largest absolute Gasteiger partial charge is 0.497 e. The smallest absolute Gasteiger partial charge is 0.243 e. The fourth-order valence-corrected chi connectivity index (χ4v) is 2.93. The Kier molecular flexibility index (Phi) is 6.92. The van der Waals surface area contributed by atoms with Gasteiger partial charge in [0.1, 0.15) is 5.75 Å². The average Bonchev–Trinajstić information content (AvgIpc) is 2.84. The molecule has 3 aromatic carbocycles. The third-order valence-corrected chi connectivity index (χ3v) is 4.46. The van der Waals surface area contributed by atoms with Gasteiger partial charge in [0.25, 0.3) is 0 Å². The van der Waals surface area contributed by atoms with E-state index < -0.39 is 0 Å². The molecule has 4 rings (SSSR count). The number of carbonyl (C=O) groups excluding carboxylic acids is 1. The lowest BCUT2D eigenvalue weighted by Crippen LogP contribution is -2.23. The minimum absolute atomic E-state index is 0.0310. The Morgan fingerprint density at radius 1 is 0.727 bits per heavy atom. The molecule has 0 atom stereocenters. The fraction of sp³-hybridized carbons (Fsp3) is 0.0833. The van der Waals surface area contributed by atoms with E-state index in [4.69, 9.17) is 4.74 Å². The molecule has 0 saturated carbocycles. The third-order valence-electron chi connectivity index (χ3n) is 4.46. The van der Waals surface area contributed by atoms with E-state index in [0.717, 1.165) is 11.4 Å². The number of ether oxygens (including phenoxy) is 1. The molecule has 0 fully saturated rings. The van der Waals surface area contributed by atoms with Gasteiger partial charge in [-0.3, -0.25) is 4.79 Å². The van der Waals surface area contributed by atoms with Crippen LogP contribution in [0.1, 0.15) is 0 Å². The summed E-state index contributed by atoms with van der Waals surface area (Å²) in [5.74, 6) is 1.34. The van der Waals surface area contributed by atoms with Crippen molar-refractivity contribution in [1.29, 1.82) is 0 Å². The number of methoxy groups -OCH3 is 1. The second-order valence-electron chi connectivity index (χ2n) is 6.92. The summed E-state index contributed by atoms with van der Waals surface area (Å²) in [6.45, 7) is -0.0310. The summed E-state index contributed by atoms with van der Waals surface area (Å²) in [5, 5.41) is 12.1. The van der Waals surface area contributed by atoms with Crippen LogP contribution in [0.4, 0.5) is 34.9 Å². The molecule has 4 N–H and O–H groups in total. The summed E-state index contributed by atoms with van der Waals surface area (Å²) in [6.07, 6.45) is 0. The zero-order valence-electron chi connectivity index (χ0n) is 17.9. The highest BCUT2D eigenvalue weighted by molar-refractivity contribution is 5.93. The number of aromatic nitrogens is 3. The lowest BCUT2D eigenvalue weighted by molar-refractivity contribution is -0.114. The van der Waals surface area contributed by atoms with E-state index in [0.29, 0.717) is 23.3 Å². The molecule has 0 unspecified atom stereocenters. The number of rotatable bonds is 9. The number of hydrogen-bond donors (Lipinski definition) is 4. The first-order chi connectivity index (χ1) is 16.2. The molecule has 9 nitrogen and oxygen atoms in total. The Bertz CT molecular complexity index is 1140. The van der Waals surface area contributed by atoms with Crippen molar-refractivity contribution in [2.45, 2.75) is 0 Å². The Morgan fingerprint density at radius 3 is 1.85 bits per heavy atom. The quantitative estimate of drug-likeness (QED) is 0.302. The number of nitrogens with zero attached hydrogens (tertiary/aromatic N) is 3. The number of para-hydroxylation sites is 2. The molecule has 1 heterocycles. The van der Waals surface area contributed by atoms with E-state index in [2.05, 4.69) is 36.2 Å². The van der Waals surface area contributed by atoms with Crippen molar-refractivity contribution in [1.82, 2.24) is 15.0 Å². The normalized spacial score (nSPS) is 10.2. The first kappa shape index (κ1) is 21.6. The molecular weight excluding hydrogens is 418 g/mol. The number of amides is 1. The molecule has 0 bridgehead atoms. The van der Waals surface area contributed by atoms with Crippen LogP contribution in [0, 0.1) is 0 Å². The fourth-order valence-electron chi connectivity index (χ4n) is 2.93. The molecule has 1 aromatic heterocycles. The lowest BCUT2D eigenvalue weighted by atomic mass is 10.3. The van der Waals surface area contributed by atoms with Crippen molar-refractivity contribution in [3.63, 3.8) is 0 Å². The molecule has 0 aliphatic heterocycles. The van der Waals surface area contributed by atoms with E-state index in [-0.39, 0.29) is 18.4 Å². The predicted molar refractivity (Wildman–Crippen MR) is 129 cm³/mol. The second-order valence-corrected chi connectivity index (χ2v) is 6.92. The summed E-state index contributed by atoms with van der Waals surface area (Å²) in [6, 6.07) is 26.3. The van der Waals surface area contributed by atoms with E-state index in [1.807, 2.05) is 60.7 Å². The molecular formula is C24H23N7O2. The molecule has 0 spiro atoms. The van der Waals surface area contributed by atoms with Gasteiger partial charge in [0.05, 0.1) is 13.7 Å². The van der Waals surface area contributed by atoms with E-state index in [1.165, 1.54) is 0 Å². The van der Waals surface area contributed by atoms with Crippen LogP contribution in [0.3, 0.4) is 0 Å². The lowest BCUT2D eigenvalue weighted by Gasteiger charge is -2.12. The summed E-state index contributed by atoms with van der Waals surface area (Å²) < 4.78 is 5.18. The maximum Gasteiger partial charge on any atom is 0.243 e. The summed E-state index contributed by atoms with van der Waals surface area (Å²) in [5.41, 5.74) is 2.29. The Hall–Kier alpha value is -4.66. The van der Waals surface area contributed by atoms with Crippen LogP contribution in [-0.2, 0) is 4.79 Å². The molecule has 0 aliphatic carbocycles. The zero-order valence-corrected chi connectivity index (χ0v) is 17.9. The molecule has 9 heteroatoms. The number of hydrogen-bond acceptors (Lipinski definition) is 8. The van der Waals surface area contributed by atoms with Crippen molar-refractivity contribution < 1.29 is 9.53 Å². The highest BCUT2D eigenvalue weighted by atomic mass is 16.5. The number of carbonyl (C=O) groups is 1. The Morgan fingerprint density at radius 2 is 1.27 bits per heavy atom. The van der Waals surface area contributed by atoms with Crippen LogP contribution in [0.5, 0.6) is 5.75 Å². The van der Waals surface area contributed by atoms with Gasteiger partial charge in [-0.2, -0.15) is 15.0 Å². The van der Waals surface area contributed by atoms with Crippen LogP contribution >= 0.6 is 0 Å². The van der Waals surface area contributed by atoms with E-state index in [1.54, 1.807) is 31.4 Å². The maximum atomic E-state index is 12.4. The van der Waals surface area contributed by atoms with Crippen LogP contribution < -0.4 is 26.0 Å². The van der Waals surface area contributed by atoms with Gasteiger partial charge in [-0.15, -0.1) is 0 Å². The van der Waals surface area contributed by atoms with Gasteiger partial charge < -0.3 is 26.0 Å². The maximum absolute atomic E-state index is 12.4. The standard InChI is InChI=1S/C24H23N7O2/c1-33-20-14-8-13-19(15-20)26-21(32)16-25-22-29-23(27-17-9-4-2-5-10-17)31-24(30-22)28-18-11-6-3-7-12-18/h2-15H,16H2,1H3,(H,26,32)(H3,25,27,28,29,30,31). The van der Waals surface area contributed by atoms with Gasteiger partial charge in [-0.1, -0.05) is 42.5 Å². The van der Waals surface area contributed by atoms with Crippen LogP contribution in [-0.4, -0.2) is 34.5 Å². The Balaban J connectivity index is 1.48. The van der Waals surface area contributed by atoms with Gasteiger partial charge in [0.2, 0.25) is 23.8 Å². The summed E-state index contributed by atoms with van der Waals surface area (Å²) in [4.78, 5) is 25.6. The van der Waals surface area contributed by atoms with Crippen LogP contribution in [0.25, 0.3) is 0 Å². The van der Waals surface area contributed by atoms with Gasteiger partial charge in [0, 0.05) is 23.1 Å². The third kappa shape index (κ3) is 6.41.